The number of likely N-dealkylation sites (tertiary alicyclic amines) is 1. The fourth-order valence-corrected chi connectivity index (χ4v) is 3.47. The van der Waals surface area contributed by atoms with Gasteiger partial charge in [-0.25, -0.2) is 0 Å². The van der Waals surface area contributed by atoms with Crippen molar-refractivity contribution in [1.82, 2.24) is 4.90 Å². The number of nitrogens with zero attached hydrogens (tertiary/aromatic N) is 2. The van der Waals surface area contributed by atoms with Gasteiger partial charge in [0, 0.05) is 24.8 Å². The molecule has 0 atom stereocenters. The first-order valence-corrected chi connectivity index (χ1v) is 7.70. The van der Waals surface area contributed by atoms with Crippen molar-refractivity contribution >= 4 is 5.69 Å². The van der Waals surface area contributed by atoms with Gasteiger partial charge < -0.3 is 9.80 Å². The second-order valence-electron chi connectivity index (χ2n) is 6.01. The molecule has 21 heavy (non-hydrogen) atoms. The third-order valence-electron chi connectivity index (χ3n) is 4.66. The molecule has 3 rings (SSSR count). The summed E-state index contributed by atoms with van der Waals surface area (Å²) in [4.78, 5) is 4.63. The van der Waals surface area contributed by atoms with Crippen LogP contribution in [-0.2, 0) is 6.18 Å². The van der Waals surface area contributed by atoms with Gasteiger partial charge in [-0.2, -0.15) is 13.2 Å². The van der Waals surface area contributed by atoms with E-state index in [1.165, 1.54) is 38.1 Å². The smallest absolute Gasteiger partial charge is 0.371 e. The maximum Gasteiger partial charge on any atom is 0.416 e. The molecular formula is C16H21F3N2. The van der Waals surface area contributed by atoms with Gasteiger partial charge in [-0.05, 0) is 57.0 Å². The number of benzene rings is 1. The van der Waals surface area contributed by atoms with Crippen LogP contribution in [0.15, 0.2) is 24.3 Å². The van der Waals surface area contributed by atoms with Crippen molar-refractivity contribution in [3.05, 3.63) is 29.8 Å². The highest BCUT2D eigenvalue weighted by atomic mass is 19.4. The fourth-order valence-electron chi connectivity index (χ4n) is 3.47. The molecule has 2 fully saturated rings. The average Bonchev–Trinajstić information content (AvgIpc) is 3.01. The summed E-state index contributed by atoms with van der Waals surface area (Å²) in [6, 6.07) is 6.32. The van der Waals surface area contributed by atoms with Crippen molar-refractivity contribution in [3.63, 3.8) is 0 Å². The molecule has 0 aliphatic carbocycles. The number of piperidine rings is 1. The minimum atomic E-state index is -4.26. The molecule has 0 saturated carbocycles. The van der Waals surface area contributed by atoms with Gasteiger partial charge in [-0.3, -0.25) is 0 Å². The molecule has 2 heterocycles. The second-order valence-corrected chi connectivity index (χ2v) is 6.01. The van der Waals surface area contributed by atoms with Gasteiger partial charge in [-0.1, -0.05) is 6.07 Å². The van der Waals surface area contributed by atoms with Crippen LogP contribution in [0.4, 0.5) is 18.9 Å². The summed E-state index contributed by atoms with van der Waals surface area (Å²) in [5.41, 5.74) is 0.145. The van der Waals surface area contributed by atoms with Crippen LogP contribution in [0.1, 0.15) is 31.2 Å². The van der Waals surface area contributed by atoms with Gasteiger partial charge in [0.1, 0.15) is 0 Å². The van der Waals surface area contributed by atoms with E-state index in [1.54, 1.807) is 6.07 Å². The predicted molar refractivity (Wildman–Crippen MR) is 77.5 cm³/mol. The first kappa shape index (κ1) is 14.7. The zero-order chi connectivity index (χ0) is 14.9. The fraction of sp³-hybridized carbons (Fsp3) is 0.625. The van der Waals surface area contributed by atoms with E-state index in [9.17, 15) is 13.2 Å². The van der Waals surface area contributed by atoms with Crippen molar-refractivity contribution in [1.29, 1.82) is 0 Å². The van der Waals surface area contributed by atoms with Gasteiger partial charge in [0.25, 0.3) is 0 Å². The Bertz CT molecular complexity index is 473. The molecule has 1 aromatic rings. The van der Waals surface area contributed by atoms with Gasteiger partial charge in [-0.15, -0.1) is 0 Å². The summed E-state index contributed by atoms with van der Waals surface area (Å²) in [5.74, 6) is 0. The van der Waals surface area contributed by atoms with Crippen molar-refractivity contribution in [3.8, 4) is 0 Å². The van der Waals surface area contributed by atoms with Crippen LogP contribution >= 0.6 is 0 Å². The number of hydrogen-bond acceptors (Lipinski definition) is 2. The zero-order valence-electron chi connectivity index (χ0n) is 12.1. The van der Waals surface area contributed by atoms with E-state index < -0.39 is 11.7 Å². The summed E-state index contributed by atoms with van der Waals surface area (Å²) < 4.78 is 38.3. The molecule has 0 spiro atoms. The van der Waals surface area contributed by atoms with E-state index in [4.69, 9.17) is 0 Å². The second kappa shape index (κ2) is 5.87. The summed E-state index contributed by atoms with van der Waals surface area (Å²) in [6.07, 6.45) is 0.415. The Morgan fingerprint density at radius 3 is 2.24 bits per heavy atom. The SMILES string of the molecule is FC(F)(F)c1cccc(N2CCC(N3CCCC3)CC2)c1. The highest BCUT2D eigenvalue weighted by Gasteiger charge is 2.31. The molecule has 0 radical (unpaired) electrons. The number of halogens is 3. The lowest BCUT2D eigenvalue weighted by molar-refractivity contribution is -0.137. The summed E-state index contributed by atoms with van der Waals surface area (Å²) in [6.45, 7) is 4.08. The molecule has 0 unspecified atom stereocenters. The first-order chi connectivity index (χ1) is 10.0. The molecule has 2 saturated heterocycles. The Labute approximate surface area is 123 Å². The van der Waals surface area contributed by atoms with Gasteiger partial charge in [0.2, 0.25) is 0 Å². The Hall–Kier alpha value is -1.23. The minimum absolute atomic E-state index is 0.554. The molecule has 116 valence electrons. The van der Waals surface area contributed by atoms with E-state index in [0.29, 0.717) is 11.7 Å². The molecule has 5 heteroatoms. The molecule has 2 nitrogen and oxygen atoms in total. The molecule has 2 aliphatic rings. The normalized spacial score (nSPS) is 22.0. The van der Waals surface area contributed by atoms with Crippen LogP contribution in [0.2, 0.25) is 0 Å². The van der Waals surface area contributed by atoms with Crippen LogP contribution in [-0.4, -0.2) is 37.1 Å². The van der Waals surface area contributed by atoms with E-state index in [1.807, 2.05) is 0 Å². The summed E-state index contributed by atoms with van der Waals surface area (Å²) in [5, 5.41) is 0. The number of rotatable bonds is 2. The van der Waals surface area contributed by atoms with Crippen molar-refractivity contribution < 1.29 is 13.2 Å². The van der Waals surface area contributed by atoms with Crippen LogP contribution in [0.25, 0.3) is 0 Å². The van der Waals surface area contributed by atoms with E-state index in [-0.39, 0.29) is 0 Å². The lowest BCUT2D eigenvalue weighted by Crippen LogP contribution is -2.43. The van der Waals surface area contributed by atoms with Gasteiger partial charge >= 0.3 is 6.18 Å². The third-order valence-corrected chi connectivity index (χ3v) is 4.66. The molecule has 1 aromatic carbocycles. The van der Waals surface area contributed by atoms with Crippen LogP contribution in [0, 0.1) is 0 Å². The number of alkyl halides is 3. The maximum atomic E-state index is 12.8. The summed E-state index contributed by atoms with van der Waals surface area (Å²) >= 11 is 0. The van der Waals surface area contributed by atoms with E-state index >= 15 is 0 Å². The first-order valence-electron chi connectivity index (χ1n) is 7.70. The van der Waals surface area contributed by atoms with E-state index in [2.05, 4.69) is 9.80 Å². The topological polar surface area (TPSA) is 6.48 Å². The van der Waals surface area contributed by atoms with Crippen LogP contribution in [0.5, 0.6) is 0 Å². The van der Waals surface area contributed by atoms with Crippen molar-refractivity contribution in [2.45, 2.75) is 37.9 Å². The minimum Gasteiger partial charge on any atom is -0.371 e. The van der Waals surface area contributed by atoms with Gasteiger partial charge in [0.05, 0.1) is 5.56 Å². The zero-order valence-corrected chi connectivity index (χ0v) is 12.1. The molecule has 0 aromatic heterocycles. The quantitative estimate of drug-likeness (QED) is 0.820. The van der Waals surface area contributed by atoms with Crippen molar-refractivity contribution in [2.75, 3.05) is 31.1 Å². The lowest BCUT2D eigenvalue weighted by Gasteiger charge is -2.38. The van der Waals surface area contributed by atoms with Gasteiger partial charge in [0.15, 0.2) is 0 Å². The average molecular weight is 298 g/mol. The highest BCUT2D eigenvalue weighted by molar-refractivity contribution is 5.49. The maximum absolute atomic E-state index is 12.8. The molecule has 0 N–H and O–H groups in total. The van der Waals surface area contributed by atoms with Crippen molar-refractivity contribution in [2.24, 2.45) is 0 Å². The summed E-state index contributed by atoms with van der Waals surface area (Å²) in [7, 11) is 0. The van der Waals surface area contributed by atoms with Crippen LogP contribution in [0.3, 0.4) is 0 Å². The molecular weight excluding hydrogens is 277 g/mol. The molecule has 0 amide bonds. The lowest BCUT2D eigenvalue weighted by atomic mass is 10.0. The highest BCUT2D eigenvalue weighted by Crippen LogP contribution is 2.32. The van der Waals surface area contributed by atoms with Crippen LogP contribution < -0.4 is 4.90 Å². The molecule has 2 aliphatic heterocycles. The Balaban J connectivity index is 1.64. The monoisotopic (exact) mass is 298 g/mol. The van der Waals surface area contributed by atoms with E-state index in [0.717, 1.165) is 32.0 Å². The standard InChI is InChI=1S/C16H21F3N2/c17-16(18,19)13-4-3-5-15(12-13)21-10-6-14(7-11-21)20-8-1-2-9-20/h3-5,12,14H,1-2,6-11H2. The Kier molecular flexibility index (Phi) is 4.11. The largest absolute Gasteiger partial charge is 0.416 e. The third kappa shape index (κ3) is 3.34. The Morgan fingerprint density at radius 2 is 1.62 bits per heavy atom. The Morgan fingerprint density at radius 1 is 0.952 bits per heavy atom. The molecule has 0 bridgehead atoms. The number of anilines is 1. The number of hydrogen-bond donors (Lipinski definition) is 0. The predicted octanol–water partition coefficient (Wildman–Crippen LogP) is 3.77.